The molecule has 0 spiro atoms. The topological polar surface area (TPSA) is 50.1 Å². The van der Waals surface area contributed by atoms with Crippen LogP contribution in [0.5, 0.6) is 0 Å². The molecule has 60 valence electrons. The average Bonchev–Trinajstić information content (AvgIpc) is 2.07. The molecule has 1 rings (SSSR count). The van der Waals surface area contributed by atoms with E-state index in [1.165, 1.54) is 0 Å². The zero-order chi connectivity index (χ0) is 8.10. The van der Waals surface area contributed by atoms with Crippen molar-refractivity contribution in [2.75, 3.05) is 17.1 Å². The molecule has 4 N–H and O–H groups in total. The molecule has 1 aromatic rings. The molecule has 0 atom stereocenters. The van der Waals surface area contributed by atoms with Crippen LogP contribution in [0.25, 0.3) is 0 Å². The molecule has 0 aliphatic rings. The Kier molecular flexibility index (Phi) is 3.07. The predicted molar refractivity (Wildman–Crippen MR) is 51.4 cm³/mol. The summed E-state index contributed by atoms with van der Waals surface area (Å²) >= 11 is 1.10. The fourth-order valence-electron chi connectivity index (χ4n) is 0.773. The van der Waals surface area contributed by atoms with Crippen molar-refractivity contribution in [3.63, 3.8) is 0 Å². The minimum atomic E-state index is 1.01. The Hall–Kier alpha value is -0.870. The van der Waals surface area contributed by atoms with Crippen LogP contribution < -0.4 is 15.2 Å². The van der Waals surface area contributed by atoms with Crippen LogP contribution in [0.1, 0.15) is 0 Å². The van der Waals surface area contributed by atoms with Gasteiger partial charge in [-0.15, -0.1) is 0 Å². The highest BCUT2D eigenvalue weighted by Gasteiger charge is 1.89. The summed E-state index contributed by atoms with van der Waals surface area (Å²) in [6.45, 7) is 0. The summed E-state index contributed by atoms with van der Waals surface area (Å²) in [5, 5.41) is 8.25. The molecule has 0 unspecified atom stereocenters. The van der Waals surface area contributed by atoms with E-state index in [-0.39, 0.29) is 0 Å². The normalized spacial score (nSPS) is 9.27. The summed E-state index contributed by atoms with van der Waals surface area (Å²) in [5.41, 5.74) is 2.11. The molecule has 3 nitrogen and oxygen atoms in total. The summed E-state index contributed by atoms with van der Waals surface area (Å²) in [4.78, 5) is 0. The summed E-state index contributed by atoms with van der Waals surface area (Å²) in [5.74, 6) is 0. The predicted octanol–water partition coefficient (Wildman–Crippen LogP) is 1.66. The third kappa shape index (κ3) is 2.32. The van der Waals surface area contributed by atoms with Crippen molar-refractivity contribution < 1.29 is 0 Å². The number of nitrogens with one attached hydrogen (secondary N) is 2. The summed E-state index contributed by atoms with van der Waals surface area (Å²) in [6.07, 6.45) is 0. The maximum absolute atomic E-state index is 5.22. The Labute approximate surface area is 70.6 Å². The van der Waals surface area contributed by atoms with Crippen molar-refractivity contribution in [3.05, 3.63) is 24.3 Å². The molecule has 0 aliphatic carbocycles. The lowest BCUT2D eigenvalue weighted by molar-refractivity contribution is 1.51. The average molecular weight is 169 g/mol. The van der Waals surface area contributed by atoms with Crippen LogP contribution in [-0.4, -0.2) is 7.05 Å². The van der Waals surface area contributed by atoms with Crippen molar-refractivity contribution in [1.29, 1.82) is 0 Å². The van der Waals surface area contributed by atoms with Crippen LogP contribution >= 0.6 is 12.1 Å². The van der Waals surface area contributed by atoms with Gasteiger partial charge in [-0.2, -0.15) is 0 Å². The number of nitrogens with two attached hydrogens (primary N) is 1. The molecule has 1 aromatic carbocycles. The zero-order valence-corrected chi connectivity index (χ0v) is 7.11. The minimum absolute atomic E-state index is 1.01. The van der Waals surface area contributed by atoms with E-state index in [0.29, 0.717) is 0 Å². The standard InChI is InChI=1S/C7H11N3S/c1-9-6-2-4-7(5-3-6)10-11-8/h2-5,9-10H,8H2,1H3. The first kappa shape index (κ1) is 8.23. The van der Waals surface area contributed by atoms with Crippen molar-refractivity contribution >= 4 is 23.5 Å². The van der Waals surface area contributed by atoms with Gasteiger partial charge in [-0.05, 0) is 24.3 Å². The van der Waals surface area contributed by atoms with Crippen molar-refractivity contribution in [3.8, 4) is 0 Å². The van der Waals surface area contributed by atoms with Gasteiger partial charge >= 0.3 is 0 Å². The first-order valence-corrected chi connectivity index (χ1v) is 4.14. The number of hydrogen-bond acceptors (Lipinski definition) is 4. The third-order valence-electron chi connectivity index (χ3n) is 1.35. The van der Waals surface area contributed by atoms with Crippen LogP contribution in [0.15, 0.2) is 24.3 Å². The fourth-order valence-corrected chi connectivity index (χ4v) is 1.05. The lowest BCUT2D eigenvalue weighted by Crippen LogP contribution is -1.92. The molecule has 4 heteroatoms. The van der Waals surface area contributed by atoms with E-state index < -0.39 is 0 Å². The number of benzene rings is 1. The Morgan fingerprint density at radius 2 is 1.73 bits per heavy atom. The maximum Gasteiger partial charge on any atom is 0.0453 e. The fraction of sp³-hybridized carbons (Fsp3) is 0.143. The summed E-state index contributed by atoms with van der Waals surface area (Å²) in [7, 11) is 1.89. The highest BCUT2D eigenvalue weighted by molar-refractivity contribution is 7.98. The van der Waals surface area contributed by atoms with Crippen LogP contribution in [0.3, 0.4) is 0 Å². The van der Waals surface area contributed by atoms with Gasteiger partial charge in [-0.25, -0.2) is 0 Å². The Balaban J connectivity index is 2.66. The third-order valence-corrected chi connectivity index (χ3v) is 1.70. The SMILES string of the molecule is CNc1ccc(NSN)cc1. The van der Waals surface area contributed by atoms with E-state index >= 15 is 0 Å². The van der Waals surface area contributed by atoms with Gasteiger partial charge in [-0.3, -0.25) is 5.14 Å². The highest BCUT2D eigenvalue weighted by atomic mass is 32.2. The van der Waals surface area contributed by atoms with Gasteiger partial charge < -0.3 is 10.0 Å². The molecule has 0 fully saturated rings. The second-order valence-electron chi connectivity index (χ2n) is 2.05. The monoisotopic (exact) mass is 169 g/mol. The molecule has 0 heterocycles. The molecule has 0 radical (unpaired) electrons. The highest BCUT2D eigenvalue weighted by Crippen LogP contribution is 2.13. The Bertz CT molecular complexity index is 209. The lowest BCUT2D eigenvalue weighted by atomic mass is 10.3. The van der Waals surface area contributed by atoms with Crippen LogP contribution in [-0.2, 0) is 0 Å². The van der Waals surface area contributed by atoms with Gasteiger partial charge in [0.1, 0.15) is 0 Å². The van der Waals surface area contributed by atoms with E-state index in [9.17, 15) is 0 Å². The number of hydrogen-bond donors (Lipinski definition) is 3. The van der Waals surface area contributed by atoms with Gasteiger partial charge in [0.05, 0.1) is 0 Å². The Morgan fingerprint density at radius 1 is 1.18 bits per heavy atom. The first-order chi connectivity index (χ1) is 5.36. The van der Waals surface area contributed by atoms with Gasteiger partial charge in [0.2, 0.25) is 0 Å². The van der Waals surface area contributed by atoms with E-state index in [4.69, 9.17) is 5.14 Å². The second-order valence-corrected chi connectivity index (χ2v) is 2.49. The van der Waals surface area contributed by atoms with Crippen molar-refractivity contribution in [2.45, 2.75) is 0 Å². The number of rotatable bonds is 3. The van der Waals surface area contributed by atoms with Gasteiger partial charge in [-0.1, -0.05) is 0 Å². The van der Waals surface area contributed by atoms with Gasteiger partial charge in [0.15, 0.2) is 0 Å². The smallest absolute Gasteiger partial charge is 0.0453 e. The molecule has 11 heavy (non-hydrogen) atoms. The van der Waals surface area contributed by atoms with Crippen LogP contribution in [0.4, 0.5) is 11.4 Å². The van der Waals surface area contributed by atoms with Gasteiger partial charge in [0, 0.05) is 30.6 Å². The molecular weight excluding hydrogens is 158 g/mol. The van der Waals surface area contributed by atoms with Crippen LogP contribution in [0.2, 0.25) is 0 Å². The molecule has 0 aromatic heterocycles. The molecular formula is C7H11N3S. The van der Waals surface area contributed by atoms with E-state index in [0.717, 1.165) is 23.5 Å². The van der Waals surface area contributed by atoms with E-state index in [1.54, 1.807) is 0 Å². The summed E-state index contributed by atoms with van der Waals surface area (Å²) in [6, 6.07) is 7.90. The maximum atomic E-state index is 5.22. The van der Waals surface area contributed by atoms with E-state index in [1.807, 2.05) is 31.3 Å². The second kappa shape index (κ2) is 4.10. The van der Waals surface area contributed by atoms with Crippen molar-refractivity contribution in [1.82, 2.24) is 0 Å². The largest absolute Gasteiger partial charge is 0.388 e. The number of anilines is 2. The molecule has 0 saturated carbocycles. The molecule has 0 bridgehead atoms. The van der Waals surface area contributed by atoms with Crippen molar-refractivity contribution in [2.24, 2.45) is 5.14 Å². The Morgan fingerprint density at radius 3 is 2.18 bits per heavy atom. The lowest BCUT2D eigenvalue weighted by Gasteiger charge is -2.02. The minimum Gasteiger partial charge on any atom is -0.388 e. The van der Waals surface area contributed by atoms with E-state index in [2.05, 4.69) is 10.0 Å². The molecule has 0 aliphatic heterocycles. The molecule has 0 amide bonds. The van der Waals surface area contributed by atoms with Gasteiger partial charge in [0.25, 0.3) is 0 Å². The summed E-state index contributed by atoms with van der Waals surface area (Å²) < 4.78 is 2.93. The van der Waals surface area contributed by atoms with Crippen LogP contribution in [0, 0.1) is 0 Å². The zero-order valence-electron chi connectivity index (χ0n) is 6.29. The quantitative estimate of drug-likeness (QED) is 0.602. The first-order valence-electron chi connectivity index (χ1n) is 3.26. The molecule has 0 saturated heterocycles.